The smallest absolute Gasteiger partial charge is 0.417 e. The van der Waals surface area contributed by atoms with Crippen molar-refractivity contribution in [1.29, 1.82) is 0 Å². The summed E-state index contributed by atoms with van der Waals surface area (Å²) in [6, 6.07) is 3.02. The lowest BCUT2D eigenvalue weighted by molar-refractivity contribution is -0.138. The van der Waals surface area contributed by atoms with E-state index in [9.17, 15) is 18.0 Å². The maximum atomic E-state index is 12.7. The molecule has 0 unspecified atom stereocenters. The maximum Gasteiger partial charge on any atom is 0.417 e. The van der Waals surface area contributed by atoms with Crippen molar-refractivity contribution in [2.75, 3.05) is 19.0 Å². The normalized spacial score (nSPS) is 17.1. The van der Waals surface area contributed by atoms with Crippen molar-refractivity contribution in [1.82, 2.24) is 0 Å². The molecule has 0 amide bonds. The minimum Gasteiger partial charge on any atom is -0.478 e. The number of halogens is 3. The van der Waals surface area contributed by atoms with E-state index in [0.29, 0.717) is 12.2 Å². The Kier molecular flexibility index (Phi) is 4.13. The van der Waals surface area contributed by atoms with Crippen molar-refractivity contribution in [3.63, 3.8) is 0 Å². The molecule has 1 saturated carbocycles. The Morgan fingerprint density at radius 3 is 2.52 bits per heavy atom. The zero-order chi connectivity index (χ0) is 15.7. The molecule has 0 bridgehead atoms. The Balaban J connectivity index is 2.18. The number of alkyl halides is 3. The van der Waals surface area contributed by atoms with Gasteiger partial charge in [-0.2, -0.15) is 13.2 Å². The number of benzene rings is 1. The zero-order valence-corrected chi connectivity index (χ0v) is 11.5. The van der Waals surface area contributed by atoms with Crippen molar-refractivity contribution in [3.05, 3.63) is 29.3 Å². The molecule has 0 radical (unpaired) electrons. The molecule has 116 valence electrons. The Labute approximate surface area is 119 Å². The van der Waals surface area contributed by atoms with Crippen molar-refractivity contribution < 1.29 is 27.8 Å². The number of hydrogen-bond acceptors (Lipinski definition) is 3. The second-order valence-electron chi connectivity index (χ2n) is 5.16. The van der Waals surface area contributed by atoms with E-state index < -0.39 is 23.3 Å². The van der Waals surface area contributed by atoms with E-state index >= 15 is 0 Å². The van der Waals surface area contributed by atoms with Crippen LogP contribution in [0.1, 0.15) is 35.2 Å². The molecule has 1 aliphatic rings. The number of ether oxygens (including phenoxy) is 1. The molecule has 0 atom stereocenters. The van der Waals surface area contributed by atoms with Crippen molar-refractivity contribution >= 4 is 11.7 Å². The number of hydrogen-bond donors (Lipinski definition) is 2. The van der Waals surface area contributed by atoms with Gasteiger partial charge in [0.1, 0.15) is 0 Å². The summed E-state index contributed by atoms with van der Waals surface area (Å²) in [5.41, 5.74) is -1.87. The first-order valence-electron chi connectivity index (χ1n) is 6.51. The number of carboxylic acid groups (broad SMARTS) is 1. The number of carbonyl (C=O) groups is 1. The monoisotopic (exact) mass is 303 g/mol. The second kappa shape index (κ2) is 5.55. The van der Waals surface area contributed by atoms with Crippen LogP contribution in [0, 0.1) is 0 Å². The lowest BCUT2D eigenvalue weighted by atomic mass is 9.80. The van der Waals surface area contributed by atoms with E-state index in [4.69, 9.17) is 9.84 Å². The molecule has 2 rings (SSSR count). The molecule has 1 aliphatic carbocycles. The highest BCUT2D eigenvalue weighted by atomic mass is 19.4. The van der Waals surface area contributed by atoms with E-state index in [1.54, 1.807) is 7.11 Å². The van der Waals surface area contributed by atoms with E-state index in [1.165, 1.54) is 6.07 Å². The summed E-state index contributed by atoms with van der Waals surface area (Å²) in [5.74, 6) is -1.60. The number of nitrogens with one attached hydrogen (secondary N) is 1. The third kappa shape index (κ3) is 3.29. The number of methoxy groups -OCH3 is 1. The van der Waals surface area contributed by atoms with Gasteiger partial charge in [-0.3, -0.25) is 0 Å². The standard InChI is InChI=1S/C14H16F3NO3/c1-21-13(5-2-6-13)8-18-9-3-4-11(14(15,16)17)10(7-9)12(19)20/h3-4,7,18H,2,5-6,8H2,1H3,(H,19,20). The molecule has 0 aliphatic heterocycles. The number of rotatable bonds is 5. The van der Waals surface area contributed by atoms with Gasteiger partial charge >= 0.3 is 12.1 Å². The Morgan fingerprint density at radius 2 is 2.10 bits per heavy atom. The summed E-state index contributed by atoms with van der Waals surface area (Å²) in [7, 11) is 1.59. The molecule has 1 fully saturated rings. The Bertz CT molecular complexity index is 533. The highest BCUT2D eigenvalue weighted by molar-refractivity contribution is 5.91. The summed E-state index contributed by atoms with van der Waals surface area (Å²) < 4.78 is 43.6. The van der Waals surface area contributed by atoms with Crippen molar-refractivity contribution in [2.45, 2.75) is 31.0 Å². The van der Waals surface area contributed by atoms with Gasteiger partial charge in [-0.25, -0.2) is 4.79 Å². The molecule has 2 N–H and O–H groups in total. The first kappa shape index (κ1) is 15.6. The lowest BCUT2D eigenvalue weighted by Crippen LogP contribution is -2.45. The minimum absolute atomic E-state index is 0.300. The third-order valence-electron chi connectivity index (χ3n) is 3.87. The van der Waals surface area contributed by atoms with E-state index in [-0.39, 0.29) is 5.60 Å². The Hall–Kier alpha value is -1.76. The molecular weight excluding hydrogens is 287 g/mol. The average Bonchev–Trinajstić information content (AvgIpc) is 2.36. The van der Waals surface area contributed by atoms with Crippen LogP contribution < -0.4 is 5.32 Å². The van der Waals surface area contributed by atoms with E-state index in [2.05, 4.69) is 5.32 Å². The molecule has 7 heteroatoms. The molecule has 21 heavy (non-hydrogen) atoms. The van der Waals surface area contributed by atoms with Crippen LogP contribution in [0.4, 0.5) is 18.9 Å². The van der Waals surface area contributed by atoms with Crippen molar-refractivity contribution in [2.24, 2.45) is 0 Å². The van der Waals surface area contributed by atoms with Gasteiger partial charge in [-0.1, -0.05) is 0 Å². The number of carboxylic acids is 1. The predicted octanol–water partition coefficient (Wildman–Crippen LogP) is 3.38. The summed E-state index contributed by atoms with van der Waals surface area (Å²) in [6.45, 7) is 0.438. The van der Waals surface area contributed by atoms with Gasteiger partial charge in [-0.15, -0.1) is 0 Å². The molecule has 0 saturated heterocycles. The molecule has 0 spiro atoms. The second-order valence-corrected chi connectivity index (χ2v) is 5.16. The molecule has 0 aromatic heterocycles. The van der Waals surface area contributed by atoms with Crippen LogP contribution in [0.3, 0.4) is 0 Å². The highest BCUT2D eigenvalue weighted by Crippen LogP contribution is 2.36. The largest absolute Gasteiger partial charge is 0.478 e. The van der Waals surface area contributed by atoms with Crippen LogP contribution in [-0.2, 0) is 10.9 Å². The van der Waals surface area contributed by atoms with Crippen LogP contribution in [0.5, 0.6) is 0 Å². The SMILES string of the molecule is COC1(CNc2ccc(C(F)(F)F)c(C(=O)O)c2)CCC1. The van der Waals surface area contributed by atoms with Gasteiger partial charge in [0.25, 0.3) is 0 Å². The first-order chi connectivity index (χ1) is 9.77. The van der Waals surface area contributed by atoms with Crippen LogP contribution in [-0.4, -0.2) is 30.3 Å². The molecule has 4 nitrogen and oxygen atoms in total. The first-order valence-corrected chi connectivity index (χ1v) is 6.51. The maximum absolute atomic E-state index is 12.7. The molecule has 1 aromatic carbocycles. The van der Waals surface area contributed by atoms with Gasteiger partial charge in [-0.05, 0) is 37.5 Å². The van der Waals surface area contributed by atoms with Gasteiger partial charge in [0.05, 0.1) is 16.7 Å². The Morgan fingerprint density at radius 1 is 1.43 bits per heavy atom. The summed E-state index contributed by atoms with van der Waals surface area (Å²) in [6.07, 6.45) is -1.89. The molecule has 0 heterocycles. The van der Waals surface area contributed by atoms with E-state index in [1.807, 2.05) is 0 Å². The van der Waals surface area contributed by atoms with Gasteiger partial charge in [0, 0.05) is 19.3 Å². The summed E-state index contributed by atoms with van der Waals surface area (Å²) in [4.78, 5) is 11.0. The topological polar surface area (TPSA) is 58.6 Å². The molecular formula is C14H16F3NO3. The van der Waals surface area contributed by atoms with Crippen LogP contribution >= 0.6 is 0 Å². The van der Waals surface area contributed by atoms with Gasteiger partial charge in [0.2, 0.25) is 0 Å². The quantitative estimate of drug-likeness (QED) is 0.875. The van der Waals surface area contributed by atoms with E-state index in [0.717, 1.165) is 31.4 Å². The average molecular weight is 303 g/mol. The fourth-order valence-electron chi connectivity index (χ4n) is 2.37. The summed E-state index contributed by atoms with van der Waals surface area (Å²) >= 11 is 0. The summed E-state index contributed by atoms with van der Waals surface area (Å²) in [5, 5.41) is 11.9. The fourth-order valence-corrected chi connectivity index (χ4v) is 2.37. The number of anilines is 1. The number of aromatic carboxylic acids is 1. The highest BCUT2D eigenvalue weighted by Gasteiger charge is 2.37. The zero-order valence-electron chi connectivity index (χ0n) is 11.5. The van der Waals surface area contributed by atoms with Gasteiger partial charge in [0.15, 0.2) is 0 Å². The van der Waals surface area contributed by atoms with Crippen LogP contribution in [0.25, 0.3) is 0 Å². The molecule has 1 aromatic rings. The predicted molar refractivity (Wildman–Crippen MR) is 70.5 cm³/mol. The fraction of sp³-hybridized carbons (Fsp3) is 0.500. The van der Waals surface area contributed by atoms with Crippen LogP contribution in [0.2, 0.25) is 0 Å². The van der Waals surface area contributed by atoms with Crippen molar-refractivity contribution in [3.8, 4) is 0 Å². The van der Waals surface area contributed by atoms with Crippen LogP contribution in [0.15, 0.2) is 18.2 Å². The lowest BCUT2D eigenvalue weighted by Gasteiger charge is -2.40. The van der Waals surface area contributed by atoms with Gasteiger partial charge < -0.3 is 15.2 Å². The third-order valence-corrected chi connectivity index (χ3v) is 3.87. The minimum atomic E-state index is -4.69.